The zero-order chi connectivity index (χ0) is 14.7. The molecule has 1 saturated heterocycles. The highest BCUT2D eigenvalue weighted by Crippen LogP contribution is 2.32. The van der Waals surface area contributed by atoms with E-state index in [1.807, 2.05) is 0 Å². The number of hydrogen-bond acceptors (Lipinski definition) is 3. The molecule has 0 N–H and O–H groups in total. The van der Waals surface area contributed by atoms with Crippen molar-refractivity contribution in [2.45, 2.75) is 39.7 Å². The molecule has 0 aromatic carbocycles. The van der Waals surface area contributed by atoms with E-state index in [2.05, 4.69) is 11.7 Å². The number of likely N-dealkylation sites (tertiary alicyclic amines) is 1. The van der Waals surface area contributed by atoms with Gasteiger partial charge in [0.05, 0.1) is 0 Å². The van der Waals surface area contributed by atoms with Crippen molar-refractivity contribution in [3.63, 3.8) is 0 Å². The summed E-state index contributed by atoms with van der Waals surface area (Å²) in [5.41, 5.74) is 0. The van der Waals surface area contributed by atoms with E-state index < -0.39 is 6.61 Å². The first-order valence-corrected chi connectivity index (χ1v) is 7.63. The van der Waals surface area contributed by atoms with E-state index in [0.29, 0.717) is 19.0 Å². The molecule has 2 rings (SSSR count). The van der Waals surface area contributed by atoms with Crippen LogP contribution in [0.15, 0.2) is 6.07 Å². The van der Waals surface area contributed by atoms with Crippen LogP contribution in [0.25, 0.3) is 0 Å². The summed E-state index contributed by atoms with van der Waals surface area (Å²) in [6.07, 6.45) is 3.02. The van der Waals surface area contributed by atoms with E-state index in [-0.39, 0.29) is 16.5 Å². The van der Waals surface area contributed by atoms with E-state index in [4.69, 9.17) is 0 Å². The van der Waals surface area contributed by atoms with Gasteiger partial charge in [-0.25, -0.2) is 0 Å². The number of nitrogens with zero attached hydrogens (tertiary/aromatic N) is 1. The van der Waals surface area contributed by atoms with Crippen LogP contribution in [0.2, 0.25) is 0 Å². The minimum atomic E-state index is -2.90. The molecule has 1 amide bonds. The molecule has 0 bridgehead atoms. The van der Waals surface area contributed by atoms with Crippen LogP contribution in [-0.2, 0) is 0 Å². The highest BCUT2D eigenvalue weighted by molar-refractivity contribution is 7.14. The number of aryl methyl sites for hydroxylation is 1. The Morgan fingerprint density at radius 1 is 1.45 bits per heavy atom. The molecule has 1 aromatic rings. The molecular formula is C14H19F2NO2S. The Hall–Kier alpha value is -1.17. The number of amides is 1. The fourth-order valence-electron chi connectivity index (χ4n) is 2.43. The minimum Gasteiger partial charge on any atom is -0.433 e. The van der Waals surface area contributed by atoms with E-state index in [9.17, 15) is 13.6 Å². The average molecular weight is 303 g/mol. The Balaban J connectivity index is 2.15. The first-order chi connectivity index (χ1) is 9.47. The van der Waals surface area contributed by atoms with Gasteiger partial charge in [-0.2, -0.15) is 8.78 Å². The summed E-state index contributed by atoms with van der Waals surface area (Å²) in [5, 5.41) is 0. The van der Waals surface area contributed by atoms with Crippen molar-refractivity contribution in [3.8, 4) is 5.75 Å². The summed E-state index contributed by atoms with van der Waals surface area (Å²) < 4.78 is 29.2. The standard InChI is InChI=1S/C14H19F2NO2S/c1-9-4-3-6-17(7-5-9)13(18)12-11(19-14(15)16)8-10(2)20-12/h8-9,14H,3-7H2,1-2H3. The molecule has 6 heteroatoms. The zero-order valence-electron chi connectivity index (χ0n) is 11.7. The van der Waals surface area contributed by atoms with Gasteiger partial charge in [0.25, 0.3) is 5.91 Å². The van der Waals surface area contributed by atoms with Crippen LogP contribution in [0.3, 0.4) is 0 Å². The van der Waals surface area contributed by atoms with Gasteiger partial charge in [-0.1, -0.05) is 6.92 Å². The Morgan fingerprint density at radius 3 is 2.90 bits per heavy atom. The van der Waals surface area contributed by atoms with Crippen LogP contribution >= 0.6 is 11.3 Å². The predicted octanol–water partition coefficient (Wildman–Crippen LogP) is 3.92. The third kappa shape index (κ3) is 3.69. The van der Waals surface area contributed by atoms with Gasteiger partial charge in [0, 0.05) is 18.0 Å². The molecule has 0 radical (unpaired) electrons. The second-order valence-corrected chi connectivity index (χ2v) is 6.51. The fourth-order valence-corrected chi connectivity index (χ4v) is 3.35. The highest BCUT2D eigenvalue weighted by atomic mass is 32.1. The van der Waals surface area contributed by atoms with Gasteiger partial charge in [0.15, 0.2) is 0 Å². The van der Waals surface area contributed by atoms with Gasteiger partial charge in [-0.3, -0.25) is 4.79 Å². The average Bonchev–Trinajstić information content (AvgIpc) is 2.58. The Bertz CT molecular complexity index is 476. The van der Waals surface area contributed by atoms with Gasteiger partial charge >= 0.3 is 6.61 Å². The first kappa shape index (κ1) is 15.2. The number of hydrogen-bond donors (Lipinski definition) is 0. The SMILES string of the molecule is Cc1cc(OC(F)F)c(C(=O)N2CCCC(C)CC2)s1. The van der Waals surface area contributed by atoms with Crippen LogP contribution < -0.4 is 4.74 Å². The van der Waals surface area contributed by atoms with Gasteiger partial charge < -0.3 is 9.64 Å². The quantitative estimate of drug-likeness (QED) is 0.847. The molecule has 0 aliphatic carbocycles. The molecule has 1 aromatic heterocycles. The fraction of sp³-hybridized carbons (Fsp3) is 0.643. The van der Waals surface area contributed by atoms with Gasteiger partial charge in [-0.15, -0.1) is 11.3 Å². The lowest BCUT2D eigenvalue weighted by molar-refractivity contribution is -0.0499. The molecule has 3 nitrogen and oxygen atoms in total. The summed E-state index contributed by atoms with van der Waals surface area (Å²) in [4.78, 5) is 15.3. The molecule has 2 heterocycles. The normalized spacial score (nSPS) is 20.1. The molecule has 0 saturated carbocycles. The lowest BCUT2D eigenvalue weighted by Crippen LogP contribution is -2.31. The lowest BCUT2D eigenvalue weighted by Gasteiger charge is -2.20. The number of alkyl halides is 2. The maximum absolute atomic E-state index is 12.5. The number of carbonyl (C=O) groups is 1. The van der Waals surface area contributed by atoms with Crippen LogP contribution in [0.1, 0.15) is 40.7 Å². The van der Waals surface area contributed by atoms with Crippen LogP contribution in [0.5, 0.6) is 5.75 Å². The number of thiophene rings is 1. The maximum atomic E-state index is 12.5. The first-order valence-electron chi connectivity index (χ1n) is 6.82. The van der Waals surface area contributed by atoms with Crippen LogP contribution in [0.4, 0.5) is 8.78 Å². The third-order valence-electron chi connectivity index (χ3n) is 3.54. The summed E-state index contributed by atoms with van der Waals surface area (Å²) >= 11 is 1.22. The molecule has 1 aliphatic rings. The molecule has 1 fully saturated rings. The maximum Gasteiger partial charge on any atom is 0.387 e. The van der Waals surface area contributed by atoms with Crippen molar-refractivity contribution in [2.24, 2.45) is 5.92 Å². The third-order valence-corrected chi connectivity index (χ3v) is 4.56. The highest BCUT2D eigenvalue weighted by Gasteiger charge is 2.25. The topological polar surface area (TPSA) is 29.5 Å². The van der Waals surface area contributed by atoms with Crippen molar-refractivity contribution in [2.75, 3.05) is 13.1 Å². The van der Waals surface area contributed by atoms with Gasteiger partial charge in [0.2, 0.25) is 0 Å². The molecule has 1 unspecified atom stereocenters. The van der Waals surface area contributed by atoms with E-state index in [1.54, 1.807) is 11.8 Å². The van der Waals surface area contributed by atoms with Crippen LogP contribution in [0, 0.1) is 12.8 Å². The minimum absolute atomic E-state index is 0.00444. The smallest absolute Gasteiger partial charge is 0.387 e. The number of halogens is 2. The monoisotopic (exact) mass is 303 g/mol. The Morgan fingerprint density at radius 2 is 2.20 bits per heavy atom. The van der Waals surface area contributed by atoms with E-state index in [0.717, 1.165) is 24.1 Å². The number of ether oxygens (including phenoxy) is 1. The molecule has 1 atom stereocenters. The van der Waals surface area contributed by atoms with Crippen molar-refractivity contribution in [1.82, 2.24) is 4.90 Å². The second kappa shape index (κ2) is 6.52. The summed E-state index contributed by atoms with van der Waals surface area (Å²) in [6.45, 7) is 2.43. The summed E-state index contributed by atoms with van der Waals surface area (Å²) in [6, 6.07) is 1.50. The van der Waals surface area contributed by atoms with Crippen molar-refractivity contribution >= 4 is 17.2 Å². The van der Waals surface area contributed by atoms with E-state index in [1.165, 1.54) is 17.4 Å². The molecule has 20 heavy (non-hydrogen) atoms. The summed E-state index contributed by atoms with van der Waals surface area (Å²) in [7, 11) is 0. The van der Waals surface area contributed by atoms with Crippen LogP contribution in [-0.4, -0.2) is 30.5 Å². The number of rotatable bonds is 3. The second-order valence-electron chi connectivity index (χ2n) is 5.26. The lowest BCUT2D eigenvalue weighted by atomic mass is 10.0. The molecular weight excluding hydrogens is 284 g/mol. The Labute approximate surface area is 121 Å². The largest absolute Gasteiger partial charge is 0.433 e. The predicted molar refractivity (Wildman–Crippen MR) is 74.6 cm³/mol. The van der Waals surface area contributed by atoms with Gasteiger partial charge in [0.1, 0.15) is 10.6 Å². The van der Waals surface area contributed by atoms with Crippen molar-refractivity contribution < 1.29 is 18.3 Å². The number of carbonyl (C=O) groups excluding carboxylic acids is 1. The zero-order valence-corrected chi connectivity index (χ0v) is 12.5. The molecule has 1 aliphatic heterocycles. The Kier molecular flexibility index (Phi) is 4.96. The van der Waals surface area contributed by atoms with E-state index >= 15 is 0 Å². The summed E-state index contributed by atoms with van der Waals surface area (Å²) in [5.74, 6) is 0.423. The molecule has 0 spiro atoms. The van der Waals surface area contributed by atoms with Gasteiger partial charge in [-0.05, 0) is 38.2 Å². The van der Waals surface area contributed by atoms with Crippen molar-refractivity contribution in [3.05, 3.63) is 15.8 Å². The van der Waals surface area contributed by atoms with Crippen molar-refractivity contribution in [1.29, 1.82) is 0 Å². The molecule has 112 valence electrons.